The smallest absolute Gasteiger partial charge is 0.264 e. The Hall–Kier alpha value is -1.59. The van der Waals surface area contributed by atoms with Crippen molar-refractivity contribution in [3.8, 4) is 5.75 Å². The minimum Gasteiger partial charge on any atom is -0.484 e. The molecular weight excluding hydrogens is 278 g/mol. The zero-order valence-electron chi connectivity index (χ0n) is 11.6. The van der Waals surface area contributed by atoms with Gasteiger partial charge in [0.2, 0.25) is 0 Å². The average Bonchev–Trinajstić information content (AvgIpc) is 2.94. The van der Waals surface area contributed by atoms with E-state index in [1.165, 1.54) is 0 Å². The predicted octanol–water partition coefficient (Wildman–Crippen LogP) is 3.28. The van der Waals surface area contributed by atoms with E-state index in [-0.39, 0.29) is 6.61 Å². The summed E-state index contributed by atoms with van der Waals surface area (Å²) in [7, 11) is 0. The molecule has 5 nitrogen and oxygen atoms in total. The maximum atomic E-state index is 6.22. The van der Waals surface area contributed by atoms with Gasteiger partial charge in [-0.15, -0.1) is 0 Å². The molecule has 2 aromatic rings. The third-order valence-electron chi connectivity index (χ3n) is 3.33. The average molecular weight is 296 g/mol. The molecule has 0 aliphatic heterocycles. The van der Waals surface area contributed by atoms with Crippen LogP contribution in [-0.2, 0) is 12.1 Å². The van der Waals surface area contributed by atoms with Gasteiger partial charge >= 0.3 is 0 Å². The van der Waals surface area contributed by atoms with Gasteiger partial charge in [-0.05, 0) is 31.0 Å². The summed E-state index contributed by atoms with van der Waals surface area (Å²) in [6, 6.07) is 7.14. The maximum absolute atomic E-state index is 6.22. The standard InChI is InChI=1S/C14H18ClN3O2/c1-3-14(16,4-2)13-17-12(20-18-13)9-19-11-7-5-6-10(15)8-11/h5-8H,3-4,9,16H2,1-2H3. The van der Waals surface area contributed by atoms with E-state index in [1.807, 2.05) is 26.0 Å². The van der Waals surface area contributed by atoms with Crippen molar-refractivity contribution >= 4 is 11.6 Å². The third kappa shape index (κ3) is 3.29. The summed E-state index contributed by atoms with van der Waals surface area (Å²) in [5, 5.41) is 4.56. The Morgan fingerprint density at radius 1 is 1.35 bits per heavy atom. The van der Waals surface area contributed by atoms with Crippen molar-refractivity contribution in [2.45, 2.75) is 38.8 Å². The maximum Gasteiger partial charge on any atom is 0.264 e. The molecule has 0 aliphatic rings. The fraction of sp³-hybridized carbons (Fsp3) is 0.429. The second kappa shape index (κ2) is 6.24. The number of nitrogens with zero attached hydrogens (tertiary/aromatic N) is 2. The number of hydrogen-bond donors (Lipinski definition) is 1. The second-order valence-corrected chi connectivity index (χ2v) is 5.06. The zero-order chi connectivity index (χ0) is 14.6. The van der Waals surface area contributed by atoms with Gasteiger partial charge in [-0.2, -0.15) is 4.98 Å². The minimum absolute atomic E-state index is 0.191. The van der Waals surface area contributed by atoms with Crippen molar-refractivity contribution in [3.63, 3.8) is 0 Å². The molecule has 0 spiro atoms. The molecule has 0 unspecified atom stereocenters. The van der Waals surface area contributed by atoms with Gasteiger partial charge in [0, 0.05) is 5.02 Å². The zero-order valence-corrected chi connectivity index (χ0v) is 12.4. The second-order valence-electron chi connectivity index (χ2n) is 4.62. The lowest BCUT2D eigenvalue weighted by Gasteiger charge is -2.21. The summed E-state index contributed by atoms with van der Waals surface area (Å²) in [5.41, 5.74) is 5.67. The van der Waals surface area contributed by atoms with Crippen molar-refractivity contribution in [3.05, 3.63) is 41.0 Å². The van der Waals surface area contributed by atoms with Crippen molar-refractivity contribution in [1.82, 2.24) is 10.1 Å². The van der Waals surface area contributed by atoms with Gasteiger partial charge < -0.3 is 15.0 Å². The van der Waals surface area contributed by atoms with Crippen molar-refractivity contribution in [2.24, 2.45) is 5.73 Å². The number of benzene rings is 1. The van der Waals surface area contributed by atoms with Crippen LogP contribution in [0, 0.1) is 0 Å². The molecule has 2 N–H and O–H groups in total. The first-order chi connectivity index (χ1) is 9.57. The van der Waals surface area contributed by atoms with Crippen LogP contribution in [0.5, 0.6) is 5.75 Å². The van der Waals surface area contributed by atoms with Crippen molar-refractivity contribution in [1.29, 1.82) is 0 Å². The summed E-state index contributed by atoms with van der Waals surface area (Å²) in [5.74, 6) is 1.58. The fourth-order valence-corrected chi connectivity index (χ4v) is 1.96. The molecule has 0 amide bonds. The van der Waals surface area contributed by atoms with Crippen LogP contribution in [0.25, 0.3) is 0 Å². The van der Waals surface area contributed by atoms with Gasteiger partial charge in [-0.3, -0.25) is 0 Å². The first-order valence-corrected chi connectivity index (χ1v) is 6.95. The predicted molar refractivity (Wildman–Crippen MR) is 76.5 cm³/mol. The number of halogens is 1. The fourth-order valence-electron chi connectivity index (χ4n) is 1.78. The van der Waals surface area contributed by atoms with Crippen LogP contribution in [0.3, 0.4) is 0 Å². The van der Waals surface area contributed by atoms with Gasteiger partial charge in [-0.25, -0.2) is 0 Å². The first kappa shape index (κ1) is 14.8. The lowest BCUT2D eigenvalue weighted by Crippen LogP contribution is -2.36. The van der Waals surface area contributed by atoms with Gasteiger partial charge in [0.1, 0.15) is 5.75 Å². The molecule has 6 heteroatoms. The van der Waals surface area contributed by atoms with Crippen LogP contribution < -0.4 is 10.5 Å². The normalized spacial score (nSPS) is 11.6. The van der Waals surface area contributed by atoms with Gasteiger partial charge in [0.25, 0.3) is 5.89 Å². The van der Waals surface area contributed by atoms with E-state index in [0.29, 0.717) is 22.5 Å². The molecule has 1 aromatic heterocycles. The molecular formula is C14H18ClN3O2. The number of rotatable bonds is 6. The molecule has 2 rings (SSSR count). The molecule has 0 saturated carbocycles. The van der Waals surface area contributed by atoms with Crippen LogP contribution >= 0.6 is 11.6 Å². The molecule has 0 aliphatic carbocycles. The Morgan fingerprint density at radius 2 is 2.10 bits per heavy atom. The number of aromatic nitrogens is 2. The lowest BCUT2D eigenvalue weighted by atomic mass is 9.94. The Labute approximate surface area is 123 Å². The van der Waals surface area contributed by atoms with E-state index in [2.05, 4.69) is 10.1 Å². The van der Waals surface area contributed by atoms with E-state index >= 15 is 0 Å². The molecule has 0 radical (unpaired) electrons. The summed E-state index contributed by atoms with van der Waals surface area (Å²) in [4.78, 5) is 4.30. The molecule has 0 atom stereocenters. The Bertz CT molecular complexity index is 567. The van der Waals surface area contributed by atoms with E-state index < -0.39 is 5.54 Å². The summed E-state index contributed by atoms with van der Waals surface area (Å²) < 4.78 is 10.7. The molecule has 20 heavy (non-hydrogen) atoms. The Kier molecular flexibility index (Phi) is 4.62. The highest BCUT2D eigenvalue weighted by Gasteiger charge is 2.28. The molecule has 0 fully saturated rings. The highest BCUT2D eigenvalue weighted by Crippen LogP contribution is 2.23. The van der Waals surface area contributed by atoms with Crippen LogP contribution in [-0.4, -0.2) is 10.1 Å². The number of nitrogens with two attached hydrogens (primary N) is 1. The SMILES string of the molecule is CCC(N)(CC)c1noc(COc2cccc(Cl)c2)n1. The van der Waals surface area contributed by atoms with Crippen LogP contribution in [0.1, 0.15) is 38.4 Å². The van der Waals surface area contributed by atoms with Crippen molar-refractivity contribution in [2.75, 3.05) is 0 Å². The van der Waals surface area contributed by atoms with Crippen LogP contribution in [0.4, 0.5) is 0 Å². The van der Waals surface area contributed by atoms with Gasteiger partial charge in [-0.1, -0.05) is 36.7 Å². The van der Waals surface area contributed by atoms with E-state index in [9.17, 15) is 0 Å². The number of hydrogen-bond acceptors (Lipinski definition) is 5. The Balaban J connectivity index is 2.03. The van der Waals surface area contributed by atoms with Gasteiger partial charge in [0.05, 0.1) is 5.54 Å². The Morgan fingerprint density at radius 3 is 2.75 bits per heavy atom. The monoisotopic (exact) mass is 295 g/mol. The summed E-state index contributed by atoms with van der Waals surface area (Å²) in [6.07, 6.45) is 1.50. The quantitative estimate of drug-likeness (QED) is 0.885. The van der Waals surface area contributed by atoms with E-state index in [1.54, 1.807) is 12.1 Å². The molecule has 0 saturated heterocycles. The minimum atomic E-state index is -0.544. The molecule has 0 bridgehead atoms. The molecule has 1 aromatic carbocycles. The lowest BCUT2D eigenvalue weighted by molar-refractivity contribution is 0.241. The highest BCUT2D eigenvalue weighted by molar-refractivity contribution is 6.30. The largest absolute Gasteiger partial charge is 0.484 e. The van der Waals surface area contributed by atoms with Crippen LogP contribution in [0.2, 0.25) is 5.02 Å². The molecule has 108 valence electrons. The van der Waals surface area contributed by atoms with Crippen LogP contribution in [0.15, 0.2) is 28.8 Å². The van der Waals surface area contributed by atoms with E-state index in [0.717, 1.165) is 12.8 Å². The first-order valence-electron chi connectivity index (χ1n) is 6.57. The van der Waals surface area contributed by atoms with E-state index in [4.69, 9.17) is 26.6 Å². The third-order valence-corrected chi connectivity index (χ3v) is 3.57. The summed E-state index contributed by atoms with van der Waals surface area (Å²) in [6.45, 7) is 4.20. The summed E-state index contributed by atoms with van der Waals surface area (Å²) >= 11 is 5.88. The number of ether oxygens (including phenoxy) is 1. The topological polar surface area (TPSA) is 74.2 Å². The highest BCUT2D eigenvalue weighted by atomic mass is 35.5. The van der Waals surface area contributed by atoms with Gasteiger partial charge in [0.15, 0.2) is 12.4 Å². The molecule has 1 heterocycles. The van der Waals surface area contributed by atoms with Crippen molar-refractivity contribution < 1.29 is 9.26 Å².